The maximum atomic E-state index is 13.7. The molecular weight excluding hydrogens is 470 g/mol. The van der Waals surface area contributed by atoms with Crippen LogP contribution in [0.25, 0.3) is 10.2 Å². The Bertz CT molecular complexity index is 1240. The van der Waals surface area contributed by atoms with Crippen molar-refractivity contribution in [2.45, 2.75) is 31.5 Å². The summed E-state index contributed by atoms with van der Waals surface area (Å²) in [4.78, 5) is 47.6. The van der Waals surface area contributed by atoms with Crippen LogP contribution in [0.4, 0.5) is 5.13 Å². The van der Waals surface area contributed by atoms with Crippen molar-refractivity contribution in [2.24, 2.45) is 17.8 Å². The molecule has 35 heavy (non-hydrogen) atoms. The number of benzene rings is 1. The topological polar surface area (TPSA) is 98.3 Å². The molecular formula is C25H27N3O6S. The molecule has 2 aromatic rings. The fourth-order valence-corrected chi connectivity index (χ4v) is 6.84. The summed E-state index contributed by atoms with van der Waals surface area (Å²) in [5, 5.41) is 0.601. The molecule has 1 spiro atoms. The van der Waals surface area contributed by atoms with Crippen molar-refractivity contribution in [3.8, 4) is 5.75 Å². The summed E-state index contributed by atoms with van der Waals surface area (Å²) >= 11 is 1.44. The van der Waals surface area contributed by atoms with E-state index in [0.717, 1.165) is 10.2 Å². The van der Waals surface area contributed by atoms with Crippen LogP contribution in [-0.4, -0.2) is 72.7 Å². The van der Waals surface area contributed by atoms with Crippen LogP contribution in [-0.2, 0) is 23.9 Å². The molecule has 0 radical (unpaired) electrons. The molecule has 0 N–H and O–H groups in total. The third-order valence-corrected chi connectivity index (χ3v) is 8.69. The number of thiazole rings is 1. The van der Waals surface area contributed by atoms with Crippen LogP contribution in [0, 0.1) is 17.8 Å². The summed E-state index contributed by atoms with van der Waals surface area (Å²) in [6, 6.07) is 5.66. The molecule has 1 aromatic carbocycles. The Hall–Kier alpha value is -2.98. The first-order valence-electron chi connectivity index (χ1n) is 12.0. The van der Waals surface area contributed by atoms with Crippen molar-refractivity contribution >= 4 is 44.5 Å². The van der Waals surface area contributed by atoms with Crippen LogP contribution in [0.2, 0.25) is 0 Å². The van der Waals surface area contributed by atoms with Crippen LogP contribution < -0.4 is 9.64 Å². The van der Waals surface area contributed by atoms with Gasteiger partial charge in [0.2, 0.25) is 11.8 Å². The molecule has 5 heterocycles. The highest BCUT2D eigenvalue weighted by atomic mass is 32.1. The Balaban J connectivity index is 1.22. The van der Waals surface area contributed by atoms with Gasteiger partial charge in [-0.25, -0.2) is 4.98 Å². The van der Waals surface area contributed by atoms with Gasteiger partial charge in [-0.15, -0.1) is 0 Å². The van der Waals surface area contributed by atoms with Crippen LogP contribution in [0.3, 0.4) is 0 Å². The first-order valence-corrected chi connectivity index (χ1v) is 12.8. The van der Waals surface area contributed by atoms with E-state index in [1.165, 1.54) is 11.3 Å². The number of rotatable bonds is 5. The summed E-state index contributed by atoms with van der Waals surface area (Å²) < 4.78 is 17.7. The van der Waals surface area contributed by atoms with Gasteiger partial charge in [-0.3, -0.25) is 19.3 Å². The quantitative estimate of drug-likeness (QED) is 0.462. The zero-order valence-corrected chi connectivity index (χ0v) is 20.5. The molecule has 1 aromatic heterocycles. The average molecular weight is 498 g/mol. The molecule has 0 aliphatic carbocycles. The van der Waals surface area contributed by atoms with Gasteiger partial charge in [-0.2, -0.15) is 0 Å². The smallest absolute Gasteiger partial charge is 0.309 e. The Morgan fingerprint density at radius 3 is 2.83 bits per heavy atom. The summed E-state index contributed by atoms with van der Waals surface area (Å²) in [6.07, 6.45) is 4.62. The van der Waals surface area contributed by atoms with Crippen molar-refractivity contribution in [2.75, 3.05) is 38.3 Å². The van der Waals surface area contributed by atoms with E-state index in [1.807, 2.05) is 30.4 Å². The van der Waals surface area contributed by atoms with E-state index in [2.05, 4.69) is 4.98 Å². The van der Waals surface area contributed by atoms with Crippen LogP contribution in [0.5, 0.6) is 5.75 Å². The number of methoxy groups -OCH3 is 1. The maximum absolute atomic E-state index is 13.7. The molecule has 9 nitrogen and oxygen atoms in total. The molecule has 4 atom stereocenters. The molecule has 2 bridgehead atoms. The van der Waals surface area contributed by atoms with Gasteiger partial charge in [-0.05, 0) is 31.9 Å². The highest BCUT2D eigenvalue weighted by molar-refractivity contribution is 7.22. The summed E-state index contributed by atoms with van der Waals surface area (Å²) in [5.41, 5.74) is -0.0366. The zero-order chi connectivity index (χ0) is 24.3. The highest BCUT2D eigenvalue weighted by Crippen LogP contribution is 2.53. The second kappa shape index (κ2) is 8.30. The molecule has 4 aliphatic rings. The number of anilines is 1. The van der Waals surface area contributed by atoms with Gasteiger partial charge in [0.1, 0.15) is 11.4 Å². The maximum Gasteiger partial charge on any atom is 0.309 e. The van der Waals surface area contributed by atoms with E-state index in [1.54, 1.807) is 23.8 Å². The summed E-state index contributed by atoms with van der Waals surface area (Å²) in [6.45, 7) is 3.45. The number of piperidine rings is 1. The number of ether oxygens (including phenoxy) is 3. The average Bonchev–Trinajstić information content (AvgIpc) is 3.62. The number of likely N-dealkylation sites (tertiary alicyclic amines) is 1. The Morgan fingerprint density at radius 1 is 1.29 bits per heavy atom. The van der Waals surface area contributed by atoms with Crippen molar-refractivity contribution in [1.82, 2.24) is 9.88 Å². The second-order valence-electron chi connectivity index (χ2n) is 9.51. The SMILES string of the molecule is CCOC(=O)C1CCN(C(=O)[C@H]2[C@@H]3C=C[C@@]4(CN(c5nc6cc(OC)ccc6s5)C(=O)[C@H]24)O3)CC1. The van der Waals surface area contributed by atoms with Crippen molar-refractivity contribution in [3.05, 3.63) is 30.4 Å². The number of esters is 1. The summed E-state index contributed by atoms with van der Waals surface area (Å²) in [7, 11) is 1.61. The molecule has 3 saturated heterocycles. The van der Waals surface area contributed by atoms with Crippen molar-refractivity contribution < 1.29 is 28.6 Å². The third-order valence-electron chi connectivity index (χ3n) is 7.63. The monoisotopic (exact) mass is 497 g/mol. The number of fused-ring (bicyclic) bond motifs is 2. The fourth-order valence-electron chi connectivity index (χ4n) is 5.89. The van der Waals surface area contributed by atoms with Gasteiger partial charge in [-0.1, -0.05) is 23.5 Å². The minimum Gasteiger partial charge on any atom is -0.497 e. The third kappa shape index (κ3) is 3.45. The van der Waals surface area contributed by atoms with E-state index < -0.39 is 23.5 Å². The van der Waals surface area contributed by atoms with E-state index in [-0.39, 0.29) is 23.7 Å². The second-order valence-corrected chi connectivity index (χ2v) is 10.5. The highest BCUT2D eigenvalue weighted by Gasteiger charge is 2.67. The van der Waals surface area contributed by atoms with Gasteiger partial charge in [0.15, 0.2) is 5.13 Å². The van der Waals surface area contributed by atoms with E-state index >= 15 is 0 Å². The molecule has 0 saturated carbocycles. The zero-order valence-electron chi connectivity index (χ0n) is 19.6. The largest absolute Gasteiger partial charge is 0.497 e. The minimum atomic E-state index is -0.805. The minimum absolute atomic E-state index is 0.0715. The Labute approximate surface area is 206 Å². The molecule has 10 heteroatoms. The molecule has 4 aliphatic heterocycles. The Kier molecular flexibility index (Phi) is 5.33. The normalized spacial score (nSPS) is 29.8. The van der Waals surface area contributed by atoms with Crippen LogP contribution >= 0.6 is 11.3 Å². The number of hydrogen-bond acceptors (Lipinski definition) is 8. The number of amides is 2. The van der Waals surface area contributed by atoms with Gasteiger partial charge in [0.05, 0.1) is 54.3 Å². The lowest BCUT2D eigenvalue weighted by Crippen LogP contribution is -2.49. The van der Waals surface area contributed by atoms with E-state index in [0.29, 0.717) is 50.0 Å². The van der Waals surface area contributed by atoms with Gasteiger partial charge >= 0.3 is 5.97 Å². The summed E-state index contributed by atoms with van der Waals surface area (Å²) in [5.74, 6) is -0.997. The first-order chi connectivity index (χ1) is 16.9. The predicted molar refractivity (Wildman–Crippen MR) is 128 cm³/mol. The van der Waals surface area contributed by atoms with Crippen molar-refractivity contribution in [1.29, 1.82) is 0 Å². The lowest BCUT2D eigenvalue weighted by Gasteiger charge is -2.34. The molecule has 3 fully saturated rings. The van der Waals surface area contributed by atoms with Gasteiger partial charge < -0.3 is 19.1 Å². The van der Waals surface area contributed by atoms with Gasteiger partial charge in [0, 0.05) is 19.2 Å². The molecule has 0 unspecified atom stereocenters. The number of hydrogen-bond donors (Lipinski definition) is 0. The fraction of sp³-hybridized carbons (Fsp3) is 0.520. The van der Waals surface area contributed by atoms with Crippen LogP contribution in [0.15, 0.2) is 30.4 Å². The standard InChI is InChI=1S/C25H27N3O6S/c1-3-33-23(31)14-7-10-27(11-8-14)21(29)19-17-6-9-25(34-17)13-28(22(30)20(19)25)24-26-16-12-15(32-2)4-5-18(16)35-24/h4-6,9,12,14,17,19-20H,3,7-8,10-11,13H2,1-2H3/t17-,19-,20-,25-/m0/s1. The number of nitrogens with zero attached hydrogens (tertiary/aromatic N) is 3. The first kappa shape index (κ1) is 22.5. The lowest BCUT2D eigenvalue weighted by molar-refractivity contribution is -0.152. The van der Waals surface area contributed by atoms with Crippen LogP contribution in [0.1, 0.15) is 19.8 Å². The Morgan fingerprint density at radius 2 is 2.09 bits per heavy atom. The number of carbonyl (C=O) groups excluding carboxylic acids is 3. The van der Waals surface area contributed by atoms with Gasteiger partial charge in [0.25, 0.3) is 0 Å². The molecule has 6 rings (SSSR count). The van der Waals surface area contributed by atoms with Crippen molar-refractivity contribution in [3.63, 3.8) is 0 Å². The molecule has 2 amide bonds. The molecule has 184 valence electrons. The lowest BCUT2D eigenvalue weighted by atomic mass is 9.76. The number of carbonyl (C=O) groups is 3. The predicted octanol–water partition coefficient (Wildman–Crippen LogP) is 2.39. The van der Waals surface area contributed by atoms with E-state index in [4.69, 9.17) is 14.2 Å². The van der Waals surface area contributed by atoms with E-state index in [9.17, 15) is 14.4 Å². The number of aromatic nitrogens is 1.